The van der Waals surface area contributed by atoms with Gasteiger partial charge in [-0.1, -0.05) is 12.2 Å². The number of rotatable bonds is 8. The number of fused-ring (bicyclic) bond motifs is 2. The molecule has 27 heavy (non-hydrogen) atoms. The highest BCUT2D eigenvalue weighted by atomic mass is 35.5. The Morgan fingerprint density at radius 2 is 1.74 bits per heavy atom. The molecular weight excluding hydrogens is 389 g/mol. The monoisotopic (exact) mass is 411 g/mol. The van der Waals surface area contributed by atoms with Gasteiger partial charge in [-0.25, -0.2) is 0 Å². The Morgan fingerprint density at radius 1 is 1.11 bits per heavy atom. The molecule has 1 saturated carbocycles. The molecule has 0 spiro atoms. The van der Waals surface area contributed by atoms with E-state index in [1.54, 1.807) is 24.3 Å². The number of benzene rings is 1. The number of hydrogen-bond acceptors (Lipinski definition) is 4. The van der Waals surface area contributed by atoms with Gasteiger partial charge in [-0.2, -0.15) is 0 Å². The summed E-state index contributed by atoms with van der Waals surface area (Å²) in [5.41, 5.74) is 0.668. The van der Waals surface area contributed by atoms with Gasteiger partial charge in [-0.3, -0.25) is 9.59 Å². The van der Waals surface area contributed by atoms with E-state index < -0.39 is 23.9 Å². The summed E-state index contributed by atoms with van der Waals surface area (Å²) < 4.78 is 10.8. The first kappa shape index (κ1) is 20.0. The molecule has 1 N–H and O–H groups in total. The molecule has 4 unspecified atom stereocenters. The summed E-state index contributed by atoms with van der Waals surface area (Å²) in [6.07, 6.45) is 4.28. The lowest BCUT2D eigenvalue weighted by Crippen LogP contribution is -2.39. The molecule has 1 amide bonds. The lowest BCUT2D eigenvalue weighted by Gasteiger charge is -2.27. The fourth-order valence-electron chi connectivity index (χ4n) is 3.87. The fourth-order valence-corrected chi connectivity index (χ4v) is 4.33. The van der Waals surface area contributed by atoms with Crippen LogP contribution in [-0.2, 0) is 14.3 Å². The Bertz CT molecular complexity index is 702. The van der Waals surface area contributed by atoms with Crippen LogP contribution in [0.4, 0.5) is 5.69 Å². The summed E-state index contributed by atoms with van der Waals surface area (Å²) in [6, 6.07) is 7.18. The van der Waals surface area contributed by atoms with Crippen LogP contribution >= 0.6 is 23.2 Å². The zero-order valence-electron chi connectivity index (χ0n) is 15.1. The predicted octanol–water partition coefficient (Wildman–Crippen LogP) is 3.85. The normalized spacial score (nSPS) is 25.6. The lowest BCUT2D eigenvalue weighted by atomic mass is 9.82. The molecule has 146 valence electrons. The number of alkyl halides is 2. The van der Waals surface area contributed by atoms with Crippen molar-refractivity contribution in [2.75, 3.05) is 23.7 Å². The van der Waals surface area contributed by atoms with E-state index in [1.807, 2.05) is 19.1 Å². The number of nitrogens with one attached hydrogen (secondary N) is 1. The van der Waals surface area contributed by atoms with E-state index in [-0.39, 0.29) is 29.5 Å². The summed E-state index contributed by atoms with van der Waals surface area (Å²) in [5.74, 6) is -0.457. The van der Waals surface area contributed by atoms with Crippen LogP contribution in [0, 0.1) is 23.7 Å². The van der Waals surface area contributed by atoms with E-state index in [0.29, 0.717) is 12.3 Å². The maximum Gasteiger partial charge on any atom is 0.310 e. The van der Waals surface area contributed by atoms with Crippen molar-refractivity contribution in [3.63, 3.8) is 0 Å². The molecule has 0 radical (unpaired) electrons. The second-order valence-electron chi connectivity index (χ2n) is 6.81. The molecule has 1 fully saturated rings. The predicted molar refractivity (Wildman–Crippen MR) is 105 cm³/mol. The lowest BCUT2D eigenvalue weighted by molar-refractivity contribution is -0.156. The quantitative estimate of drug-likeness (QED) is 0.400. The topological polar surface area (TPSA) is 64.6 Å². The first-order valence-electron chi connectivity index (χ1n) is 9.11. The van der Waals surface area contributed by atoms with Crippen LogP contribution in [0.1, 0.15) is 13.3 Å². The molecule has 2 aliphatic carbocycles. The van der Waals surface area contributed by atoms with Crippen LogP contribution in [0.3, 0.4) is 0 Å². The summed E-state index contributed by atoms with van der Waals surface area (Å²) in [5, 5.41) is 2.92. The van der Waals surface area contributed by atoms with Crippen LogP contribution in [0.15, 0.2) is 36.4 Å². The van der Waals surface area contributed by atoms with Crippen LogP contribution in [0.2, 0.25) is 0 Å². The minimum absolute atomic E-state index is 0.0184. The van der Waals surface area contributed by atoms with Crippen molar-refractivity contribution in [1.29, 1.82) is 0 Å². The Morgan fingerprint density at radius 3 is 2.33 bits per heavy atom. The molecular formula is C20H23Cl2NO4. The van der Waals surface area contributed by atoms with E-state index in [4.69, 9.17) is 32.7 Å². The van der Waals surface area contributed by atoms with Gasteiger partial charge in [-0.05, 0) is 49.4 Å². The maximum atomic E-state index is 12.9. The Hall–Kier alpha value is -1.72. The molecule has 0 heterocycles. The number of allylic oxidation sites excluding steroid dienone is 2. The molecule has 5 nitrogen and oxygen atoms in total. The van der Waals surface area contributed by atoms with Crippen molar-refractivity contribution in [2.45, 2.75) is 19.4 Å². The summed E-state index contributed by atoms with van der Waals surface area (Å²) in [6.45, 7) is 2.50. The highest BCUT2D eigenvalue weighted by molar-refractivity contribution is 6.21. The molecule has 7 heteroatoms. The van der Waals surface area contributed by atoms with Crippen molar-refractivity contribution in [2.24, 2.45) is 23.7 Å². The SMILES string of the molecule is CCOc1ccc(NC(=O)C2C3C=CC(C3)C2C(=O)OC(CCl)CCl)cc1. The summed E-state index contributed by atoms with van der Waals surface area (Å²) >= 11 is 11.5. The van der Waals surface area contributed by atoms with Crippen molar-refractivity contribution in [3.05, 3.63) is 36.4 Å². The van der Waals surface area contributed by atoms with Crippen molar-refractivity contribution in [3.8, 4) is 5.75 Å². The van der Waals surface area contributed by atoms with Crippen molar-refractivity contribution >= 4 is 40.8 Å². The van der Waals surface area contributed by atoms with Crippen LogP contribution in [0.5, 0.6) is 5.75 Å². The van der Waals surface area contributed by atoms with E-state index >= 15 is 0 Å². The minimum Gasteiger partial charge on any atom is -0.494 e. The molecule has 0 aliphatic heterocycles. The van der Waals surface area contributed by atoms with Gasteiger partial charge < -0.3 is 14.8 Å². The van der Waals surface area contributed by atoms with Crippen molar-refractivity contribution in [1.82, 2.24) is 0 Å². The second-order valence-corrected chi connectivity index (χ2v) is 7.43. The second kappa shape index (κ2) is 8.98. The molecule has 0 aromatic heterocycles. The first-order chi connectivity index (χ1) is 13.1. The Balaban J connectivity index is 1.70. The van der Waals surface area contributed by atoms with Gasteiger partial charge in [0.1, 0.15) is 11.9 Å². The first-order valence-corrected chi connectivity index (χ1v) is 10.2. The molecule has 1 aromatic rings. The number of carbonyl (C=O) groups excluding carboxylic acids is 2. The number of esters is 1. The van der Waals surface area contributed by atoms with E-state index in [2.05, 4.69) is 5.32 Å². The van der Waals surface area contributed by atoms with Crippen LogP contribution < -0.4 is 10.1 Å². The van der Waals surface area contributed by atoms with Crippen LogP contribution in [-0.4, -0.2) is 36.3 Å². The number of amides is 1. The van der Waals surface area contributed by atoms with Gasteiger partial charge in [0.05, 0.1) is 30.2 Å². The molecule has 4 atom stereocenters. The van der Waals surface area contributed by atoms with Crippen molar-refractivity contribution < 1.29 is 19.1 Å². The van der Waals surface area contributed by atoms with Gasteiger partial charge in [0.15, 0.2) is 0 Å². The van der Waals surface area contributed by atoms with E-state index in [1.165, 1.54) is 0 Å². The Labute approximate surface area is 169 Å². The van der Waals surface area contributed by atoms with Gasteiger partial charge >= 0.3 is 5.97 Å². The number of halogens is 2. The smallest absolute Gasteiger partial charge is 0.310 e. The fraction of sp³-hybridized carbons (Fsp3) is 0.500. The molecule has 1 aromatic carbocycles. The summed E-state index contributed by atoms with van der Waals surface area (Å²) in [7, 11) is 0. The maximum absolute atomic E-state index is 12.9. The third-order valence-corrected chi connectivity index (χ3v) is 5.78. The average molecular weight is 412 g/mol. The molecule has 0 saturated heterocycles. The number of ether oxygens (including phenoxy) is 2. The van der Waals surface area contributed by atoms with Gasteiger partial charge in [-0.15, -0.1) is 23.2 Å². The zero-order chi connectivity index (χ0) is 19.4. The number of anilines is 1. The number of carbonyl (C=O) groups is 2. The highest BCUT2D eigenvalue weighted by Gasteiger charge is 2.52. The molecule has 3 rings (SSSR count). The minimum atomic E-state index is -0.543. The third-order valence-electron chi connectivity index (χ3n) is 5.09. The van der Waals surface area contributed by atoms with Gasteiger partial charge in [0, 0.05) is 5.69 Å². The largest absolute Gasteiger partial charge is 0.494 e. The van der Waals surface area contributed by atoms with Gasteiger partial charge in [0.25, 0.3) is 0 Å². The number of hydrogen-bond donors (Lipinski definition) is 1. The standard InChI is InChI=1S/C20H23Cl2NO4/c1-2-26-15-7-5-14(6-8-15)23-19(24)17-12-3-4-13(9-12)18(17)20(25)27-16(10-21)11-22/h3-8,12-13,16-18H,2,9-11H2,1H3,(H,23,24). The van der Waals surface area contributed by atoms with E-state index in [0.717, 1.165) is 12.2 Å². The van der Waals surface area contributed by atoms with Gasteiger partial charge in [0.2, 0.25) is 5.91 Å². The summed E-state index contributed by atoms with van der Waals surface area (Å²) in [4.78, 5) is 25.6. The molecule has 2 aliphatic rings. The van der Waals surface area contributed by atoms with E-state index in [9.17, 15) is 9.59 Å². The van der Waals surface area contributed by atoms with Crippen LogP contribution in [0.25, 0.3) is 0 Å². The Kier molecular flexibility index (Phi) is 6.66. The average Bonchev–Trinajstić information content (AvgIpc) is 3.29. The third kappa shape index (κ3) is 4.41. The highest BCUT2D eigenvalue weighted by Crippen LogP contribution is 2.49. The molecule has 2 bridgehead atoms. The zero-order valence-corrected chi connectivity index (χ0v) is 16.6.